The van der Waals surface area contributed by atoms with Crippen molar-refractivity contribution in [2.24, 2.45) is 0 Å². The van der Waals surface area contributed by atoms with Crippen molar-refractivity contribution in [1.82, 2.24) is 15.1 Å². The van der Waals surface area contributed by atoms with Crippen LogP contribution in [0.4, 0.5) is 9.18 Å². The Morgan fingerprint density at radius 3 is 2.55 bits per heavy atom. The third-order valence-corrected chi connectivity index (χ3v) is 4.05. The minimum Gasteiger partial charge on any atom is -0.334 e. The molecule has 1 saturated carbocycles. The molecule has 0 spiro atoms. The molecule has 0 radical (unpaired) electrons. The normalized spacial score (nSPS) is 19.9. The molecule has 2 fully saturated rings. The van der Waals surface area contributed by atoms with Crippen molar-refractivity contribution in [3.63, 3.8) is 0 Å². The van der Waals surface area contributed by atoms with Crippen LogP contribution in [0.1, 0.15) is 18.4 Å². The largest absolute Gasteiger partial charge is 0.334 e. The van der Waals surface area contributed by atoms with Crippen LogP contribution in [0.5, 0.6) is 0 Å². The van der Waals surface area contributed by atoms with Crippen molar-refractivity contribution >= 4 is 6.03 Å². The number of nitrogens with zero attached hydrogens (tertiary/aromatic N) is 2. The topological polar surface area (TPSA) is 35.6 Å². The minimum atomic E-state index is -0.272. The summed E-state index contributed by atoms with van der Waals surface area (Å²) in [6, 6.07) is 7.20. The van der Waals surface area contributed by atoms with Gasteiger partial charge in [-0.3, -0.25) is 4.90 Å². The fourth-order valence-corrected chi connectivity index (χ4v) is 2.65. The molecule has 2 amide bonds. The number of urea groups is 1. The molecule has 0 atom stereocenters. The molecule has 0 bridgehead atoms. The Labute approximate surface area is 118 Å². The van der Waals surface area contributed by atoms with Gasteiger partial charge in [0.25, 0.3) is 0 Å². The number of nitrogens with one attached hydrogen (secondary N) is 1. The molecule has 1 N–H and O–H groups in total. The van der Waals surface area contributed by atoms with Gasteiger partial charge in [0.15, 0.2) is 0 Å². The van der Waals surface area contributed by atoms with E-state index in [0.717, 1.165) is 32.2 Å². The summed E-state index contributed by atoms with van der Waals surface area (Å²) in [6.45, 7) is 3.68. The molecule has 3 rings (SSSR count). The Morgan fingerprint density at radius 1 is 1.20 bits per heavy atom. The van der Waals surface area contributed by atoms with Gasteiger partial charge in [-0.2, -0.15) is 0 Å². The van der Waals surface area contributed by atoms with Gasteiger partial charge in [0.05, 0.1) is 0 Å². The molecule has 1 saturated heterocycles. The summed E-state index contributed by atoms with van der Waals surface area (Å²) < 4.78 is 13.5. The van der Waals surface area contributed by atoms with Crippen molar-refractivity contribution in [1.29, 1.82) is 0 Å². The predicted octanol–water partition coefficient (Wildman–Crippen LogP) is 1.82. The van der Waals surface area contributed by atoms with Crippen molar-refractivity contribution in [3.8, 4) is 0 Å². The smallest absolute Gasteiger partial charge is 0.317 e. The highest BCUT2D eigenvalue weighted by molar-refractivity contribution is 5.74. The van der Waals surface area contributed by atoms with E-state index in [4.69, 9.17) is 0 Å². The first-order valence-electron chi connectivity index (χ1n) is 7.24. The number of carbonyl (C=O) groups excluding carboxylic acids is 1. The highest BCUT2D eigenvalue weighted by atomic mass is 19.1. The van der Waals surface area contributed by atoms with E-state index in [0.29, 0.717) is 5.56 Å². The highest BCUT2D eigenvalue weighted by Crippen LogP contribution is 2.27. The summed E-state index contributed by atoms with van der Waals surface area (Å²) in [7, 11) is 0. The first-order valence-corrected chi connectivity index (χ1v) is 7.24. The van der Waals surface area contributed by atoms with E-state index in [9.17, 15) is 9.18 Å². The molecule has 1 aliphatic carbocycles. The Hall–Kier alpha value is -1.62. The molecule has 0 aromatic heterocycles. The highest BCUT2D eigenvalue weighted by Gasteiger charge is 2.32. The number of piperazine rings is 1. The van der Waals surface area contributed by atoms with Crippen molar-refractivity contribution in [2.75, 3.05) is 26.2 Å². The lowest BCUT2D eigenvalue weighted by molar-refractivity contribution is 0.134. The molecule has 2 aliphatic rings. The second-order valence-electron chi connectivity index (χ2n) is 5.50. The van der Waals surface area contributed by atoms with Crippen LogP contribution in [0, 0.1) is 5.82 Å². The van der Waals surface area contributed by atoms with E-state index >= 15 is 0 Å². The lowest BCUT2D eigenvalue weighted by Gasteiger charge is -2.34. The van der Waals surface area contributed by atoms with Gasteiger partial charge in [0.2, 0.25) is 0 Å². The number of halogens is 1. The maximum Gasteiger partial charge on any atom is 0.317 e. The fraction of sp³-hybridized carbons (Fsp3) is 0.533. The van der Waals surface area contributed by atoms with Crippen LogP contribution in [-0.4, -0.2) is 48.1 Å². The summed E-state index contributed by atoms with van der Waals surface area (Å²) in [4.78, 5) is 16.3. The first kappa shape index (κ1) is 13.4. The minimum absolute atomic E-state index is 0.0938. The molecule has 1 heterocycles. The molecule has 108 valence electrons. The molecular formula is C15H20FN3O. The van der Waals surface area contributed by atoms with E-state index < -0.39 is 0 Å². The van der Waals surface area contributed by atoms with Gasteiger partial charge in [0, 0.05) is 44.3 Å². The van der Waals surface area contributed by atoms with Gasteiger partial charge in [0.1, 0.15) is 5.82 Å². The summed E-state index contributed by atoms with van der Waals surface area (Å²) in [6.07, 6.45) is 2.61. The first-order chi connectivity index (χ1) is 9.74. The lowest BCUT2D eigenvalue weighted by atomic mass is 10.2. The quantitative estimate of drug-likeness (QED) is 0.914. The monoisotopic (exact) mass is 277 g/mol. The average Bonchev–Trinajstić information content (AvgIpc) is 3.31. The Morgan fingerprint density at radius 2 is 1.90 bits per heavy atom. The Balaban J connectivity index is 1.46. The molecule has 20 heavy (non-hydrogen) atoms. The predicted molar refractivity (Wildman–Crippen MR) is 74.8 cm³/mol. The van der Waals surface area contributed by atoms with Gasteiger partial charge in [-0.25, -0.2) is 9.18 Å². The number of carbonyl (C=O) groups is 1. The van der Waals surface area contributed by atoms with Crippen LogP contribution >= 0.6 is 0 Å². The van der Waals surface area contributed by atoms with Gasteiger partial charge in [-0.05, 0) is 18.9 Å². The number of rotatable bonds is 3. The van der Waals surface area contributed by atoms with Gasteiger partial charge >= 0.3 is 6.03 Å². The maximum atomic E-state index is 13.5. The van der Waals surface area contributed by atoms with Crippen LogP contribution < -0.4 is 5.32 Å². The van der Waals surface area contributed by atoms with Crippen LogP contribution in [0.15, 0.2) is 24.3 Å². The van der Waals surface area contributed by atoms with Crippen molar-refractivity contribution in [2.45, 2.75) is 25.4 Å². The molecule has 5 heteroatoms. The maximum absolute atomic E-state index is 13.5. The standard InChI is InChI=1S/C15H20FN3O/c16-14-4-2-1-3-12(14)11-17-15(20)19-9-7-18(8-10-19)13-5-6-13/h1-4,13H,5-11H2,(H,17,20). The summed E-state index contributed by atoms with van der Waals surface area (Å²) >= 11 is 0. The zero-order valence-electron chi connectivity index (χ0n) is 11.5. The summed E-state index contributed by atoms with van der Waals surface area (Å²) in [5.41, 5.74) is 0.525. The van der Waals surface area contributed by atoms with Crippen LogP contribution in [-0.2, 0) is 6.54 Å². The van der Waals surface area contributed by atoms with E-state index in [2.05, 4.69) is 10.2 Å². The third-order valence-electron chi connectivity index (χ3n) is 4.05. The number of benzene rings is 1. The third kappa shape index (κ3) is 3.10. The zero-order valence-corrected chi connectivity index (χ0v) is 11.5. The van der Waals surface area contributed by atoms with Gasteiger partial charge < -0.3 is 10.2 Å². The second-order valence-corrected chi connectivity index (χ2v) is 5.50. The zero-order chi connectivity index (χ0) is 13.9. The number of hydrogen-bond donors (Lipinski definition) is 1. The molecule has 0 unspecified atom stereocenters. The Bertz CT molecular complexity index is 482. The summed E-state index contributed by atoms with van der Waals surface area (Å²) in [5, 5.41) is 2.80. The van der Waals surface area contributed by atoms with Gasteiger partial charge in [-0.1, -0.05) is 18.2 Å². The average molecular weight is 277 g/mol. The van der Waals surface area contributed by atoms with Crippen LogP contribution in [0.25, 0.3) is 0 Å². The van der Waals surface area contributed by atoms with E-state index in [1.54, 1.807) is 18.2 Å². The molecule has 1 aliphatic heterocycles. The van der Waals surface area contributed by atoms with Crippen molar-refractivity contribution < 1.29 is 9.18 Å². The fourth-order valence-electron chi connectivity index (χ4n) is 2.65. The number of hydrogen-bond acceptors (Lipinski definition) is 2. The van der Waals surface area contributed by atoms with Crippen LogP contribution in [0.3, 0.4) is 0 Å². The van der Waals surface area contributed by atoms with Crippen molar-refractivity contribution in [3.05, 3.63) is 35.6 Å². The van der Waals surface area contributed by atoms with E-state index in [1.807, 2.05) is 4.90 Å². The van der Waals surface area contributed by atoms with E-state index in [-0.39, 0.29) is 18.4 Å². The molecule has 1 aromatic rings. The molecule has 1 aromatic carbocycles. The Kier molecular flexibility index (Phi) is 3.87. The number of amides is 2. The molecular weight excluding hydrogens is 257 g/mol. The summed E-state index contributed by atoms with van der Waals surface area (Å²) in [5.74, 6) is -0.272. The second kappa shape index (κ2) is 5.79. The lowest BCUT2D eigenvalue weighted by Crippen LogP contribution is -2.52. The SMILES string of the molecule is O=C(NCc1ccccc1F)N1CCN(C2CC2)CC1. The van der Waals surface area contributed by atoms with Gasteiger partial charge in [-0.15, -0.1) is 0 Å². The van der Waals surface area contributed by atoms with Crippen LogP contribution in [0.2, 0.25) is 0 Å². The van der Waals surface area contributed by atoms with E-state index in [1.165, 1.54) is 18.9 Å². The molecule has 4 nitrogen and oxygen atoms in total.